The van der Waals surface area contributed by atoms with Gasteiger partial charge in [0.05, 0.1) is 0 Å². The van der Waals surface area contributed by atoms with Gasteiger partial charge in [0.25, 0.3) is 0 Å². The van der Waals surface area contributed by atoms with Gasteiger partial charge in [-0.2, -0.15) is 0 Å². The molecule has 0 atom stereocenters. The number of nitrogens with zero attached hydrogens (tertiary/aromatic N) is 1. The Kier molecular flexibility index (Phi) is 1.86. The van der Waals surface area contributed by atoms with Gasteiger partial charge in [0.1, 0.15) is 0 Å². The van der Waals surface area contributed by atoms with Crippen LogP contribution in [-0.2, 0) is 0 Å². The van der Waals surface area contributed by atoms with Gasteiger partial charge < -0.3 is 0 Å². The average molecular weight is 84.2 g/mol. The summed E-state index contributed by atoms with van der Waals surface area (Å²) in [6, 6.07) is 0. The Labute approximate surface area is 33.8 Å². The van der Waals surface area contributed by atoms with E-state index in [-0.39, 0.29) is 0 Å². The van der Waals surface area contributed by atoms with Crippen LogP contribution in [0.4, 0.5) is 0 Å². The van der Waals surface area contributed by atoms with Crippen LogP contribution in [0.25, 0.3) is 0 Å². The maximum atomic E-state index is 7.94. The highest BCUT2D eigenvalue weighted by Gasteiger charge is 1.84. The summed E-state index contributed by atoms with van der Waals surface area (Å²) in [5, 5.41) is 7.94. The van der Waals surface area contributed by atoms with Crippen LogP contribution >= 0.6 is 0 Å². The van der Waals surface area contributed by atoms with E-state index >= 15 is 0 Å². The van der Waals surface area contributed by atoms with Crippen LogP contribution in [0.15, 0.2) is 0 Å². The second-order valence-corrected chi connectivity index (χ2v) is 3.34. The van der Waals surface area contributed by atoms with E-state index in [1.807, 2.05) is 13.1 Å². The van der Waals surface area contributed by atoms with Crippen molar-refractivity contribution >= 4 is 8.80 Å². The molecule has 0 heterocycles. The monoisotopic (exact) mass is 84.0 g/mol. The SMILES string of the molecule is C[Si](C)C#N. The molecule has 0 aliphatic heterocycles. The lowest BCUT2D eigenvalue weighted by Gasteiger charge is -1.70. The fourth-order valence-corrected chi connectivity index (χ4v) is 0. The Balaban J connectivity index is 2.94. The zero-order valence-electron chi connectivity index (χ0n) is 3.45. The predicted molar refractivity (Wildman–Crippen MR) is 23.1 cm³/mol. The van der Waals surface area contributed by atoms with Crippen LogP contribution in [-0.4, -0.2) is 8.80 Å². The van der Waals surface area contributed by atoms with Gasteiger partial charge in [0.15, 0.2) is 8.80 Å². The van der Waals surface area contributed by atoms with Gasteiger partial charge in [-0.15, -0.1) is 0 Å². The molecule has 0 fully saturated rings. The summed E-state index contributed by atoms with van der Waals surface area (Å²) in [6.07, 6.45) is 0. The van der Waals surface area contributed by atoms with Crippen LogP contribution in [0.5, 0.6) is 0 Å². The molecule has 5 heavy (non-hydrogen) atoms. The van der Waals surface area contributed by atoms with E-state index in [2.05, 4.69) is 5.69 Å². The van der Waals surface area contributed by atoms with E-state index in [0.717, 1.165) is 0 Å². The van der Waals surface area contributed by atoms with Crippen molar-refractivity contribution in [2.24, 2.45) is 0 Å². The molecule has 0 bridgehead atoms. The van der Waals surface area contributed by atoms with Crippen molar-refractivity contribution in [1.82, 2.24) is 0 Å². The molecule has 1 nitrogen and oxygen atoms in total. The number of hydrogen-bond donors (Lipinski definition) is 0. The van der Waals surface area contributed by atoms with Crippen LogP contribution in [0, 0.1) is 11.0 Å². The van der Waals surface area contributed by atoms with Gasteiger partial charge >= 0.3 is 0 Å². The van der Waals surface area contributed by atoms with Gasteiger partial charge in [-0.05, 0) is 0 Å². The van der Waals surface area contributed by atoms with Gasteiger partial charge in [-0.3, -0.25) is 0 Å². The van der Waals surface area contributed by atoms with Crippen molar-refractivity contribution in [3.63, 3.8) is 0 Å². The topological polar surface area (TPSA) is 23.8 Å². The van der Waals surface area contributed by atoms with Gasteiger partial charge in [-0.1, -0.05) is 13.1 Å². The van der Waals surface area contributed by atoms with E-state index in [9.17, 15) is 0 Å². The van der Waals surface area contributed by atoms with Crippen molar-refractivity contribution in [1.29, 1.82) is 5.26 Å². The molecule has 0 spiro atoms. The largest absolute Gasteiger partial charge is 0.207 e. The first-order valence-electron chi connectivity index (χ1n) is 1.47. The number of nitriles is 1. The normalized spacial score (nSPS) is 7.60. The molecule has 0 rings (SSSR count). The molecule has 1 radical (unpaired) electrons. The standard InChI is InChI=1S/C3H6NSi/c1-5(2)3-4/h1-2H3. The average Bonchev–Trinajstić information content (AvgIpc) is 1.38. The lowest BCUT2D eigenvalue weighted by molar-refractivity contribution is 1.55. The van der Waals surface area contributed by atoms with Crippen molar-refractivity contribution < 1.29 is 0 Å². The lowest BCUT2D eigenvalue weighted by Crippen LogP contribution is -1.90. The smallest absolute Gasteiger partial charge is 0.175 e. The molecule has 0 saturated carbocycles. The van der Waals surface area contributed by atoms with Crippen molar-refractivity contribution in [2.75, 3.05) is 0 Å². The third kappa shape index (κ3) is 3.71. The Morgan fingerprint density at radius 1 is 1.60 bits per heavy atom. The summed E-state index contributed by atoms with van der Waals surface area (Å²) < 4.78 is 0. The van der Waals surface area contributed by atoms with E-state index in [1.54, 1.807) is 0 Å². The Bertz CT molecular complexity index is 52.4. The molecule has 27 valence electrons. The molecule has 0 N–H and O–H groups in total. The van der Waals surface area contributed by atoms with Gasteiger partial charge in [0, 0.05) is 5.69 Å². The maximum Gasteiger partial charge on any atom is 0.175 e. The molecule has 0 aromatic carbocycles. The third-order valence-corrected chi connectivity index (χ3v) is 0.671. The molecule has 0 aromatic heterocycles. The Morgan fingerprint density at radius 2 is 1.80 bits per heavy atom. The summed E-state index contributed by atoms with van der Waals surface area (Å²) in [6.45, 7) is 3.93. The first-order valence-corrected chi connectivity index (χ1v) is 3.97. The zero-order valence-corrected chi connectivity index (χ0v) is 4.45. The van der Waals surface area contributed by atoms with E-state index in [4.69, 9.17) is 5.26 Å². The molecule has 0 aliphatic rings. The third-order valence-electron chi connectivity index (χ3n) is 0.224. The molecule has 0 aromatic rings. The first-order chi connectivity index (χ1) is 2.27. The van der Waals surface area contributed by atoms with Crippen molar-refractivity contribution in [2.45, 2.75) is 13.1 Å². The second kappa shape index (κ2) is 1.98. The number of rotatable bonds is 0. The summed E-state index contributed by atoms with van der Waals surface area (Å²) in [5.74, 6) is 0. The first kappa shape index (κ1) is 4.71. The highest BCUT2D eigenvalue weighted by atomic mass is 28.3. The van der Waals surface area contributed by atoms with Crippen LogP contribution in [0.1, 0.15) is 0 Å². The van der Waals surface area contributed by atoms with E-state index in [0.29, 0.717) is 0 Å². The van der Waals surface area contributed by atoms with Crippen LogP contribution in [0.3, 0.4) is 0 Å². The molecule has 0 aliphatic carbocycles. The van der Waals surface area contributed by atoms with Crippen LogP contribution in [0.2, 0.25) is 13.1 Å². The van der Waals surface area contributed by atoms with E-state index in [1.165, 1.54) is 0 Å². The minimum absolute atomic E-state index is 0.568. The zero-order chi connectivity index (χ0) is 4.28. The highest BCUT2D eigenvalue weighted by Crippen LogP contribution is 1.67. The minimum Gasteiger partial charge on any atom is -0.207 e. The fraction of sp³-hybridized carbons (Fsp3) is 0.667. The number of hydrogen-bond acceptors (Lipinski definition) is 1. The Morgan fingerprint density at radius 3 is 1.80 bits per heavy atom. The Hall–Kier alpha value is -0.293. The molecule has 2 heteroatoms. The summed E-state index contributed by atoms with van der Waals surface area (Å²) in [7, 11) is -0.568. The quantitative estimate of drug-likeness (QED) is 0.398. The summed E-state index contributed by atoms with van der Waals surface area (Å²) >= 11 is 0. The molecule has 0 saturated heterocycles. The van der Waals surface area contributed by atoms with E-state index < -0.39 is 8.80 Å². The van der Waals surface area contributed by atoms with Crippen molar-refractivity contribution in [3.05, 3.63) is 0 Å². The van der Waals surface area contributed by atoms with Crippen molar-refractivity contribution in [3.8, 4) is 5.69 Å². The van der Waals surface area contributed by atoms with Gasteiger partial charge in [-0.25, -0.2) is 5.26 Å². The van der Waals surface area contributed by atoms with Gasteiger partial charge in [0.2, 0.25) is 0 Å². The highest BCUT2D eigenvalue weighted by molar-refractivity contribution is 6.64. The summed E-state index contributed by atoms with van der Waals surface area (Å²) in [4.78, 5) is 0. The maximum absolute atomic E-state index is 7.94. The minimum atomic E-state index is -0.568. The van der Waals surface area contributed by atoms with Crippen LogP contribution < -0.4 is 0 Å². The molecule has 0 unspecified atom stereocenters. The fourth-order valence-electron chi connectivity index (χ4n) is 0. The second-order valence-electron chi connectivity index (χ2n) is 1.11. The molecule has 0 amide bonds. The summed E-state index contributed by atoms with van der Waals surface area (Å²) in [5.41, 5.74) is 2.13. The molecular formula is C3H6NSi. The molecular weight excluding hydrogens is 78.1 g/mol. The lowest BCUT2D eigenvalue weighted by atomic mass is 11.7. The predicted octanol–water partition coefficient (Wildman–Crippen LogP) is 0.804.